The predicted octanol–water partition coefficient (Wildman–Crippen LogP) is 3.68. The predicted molar refractivity (Wildman–Crippen MR) is 79.5 cm³/mol. The van der Waals surface area contributed by atoms with Gasteiger partial charge in [-0.3, -0.25) is 0 Å². The first kappa shape index (κ1) is 14.8. The summed E-state index contributed by atoms with van der Waals surface area (Å²) < 4.78 is 25.2. The van der Waals surface area contributed by atoms with Gasteiger partial charge >= 0.3 is 0 Å². The monoisotopic (exact) mass is 339 g/mol. The van der Waals surface area contributed by atoms with Crippen LogP contribution in [-0.2, 0) is 0 Å². The number of nitrogens with two attached hydrogens (primary N) is 1. The molecule has 106 valence electrons. The third-order valence-corrected chi connectivity index (χ3v) is 3.36. The van der Waals surface area contributed by atoms with E-state index in [-0.39, 0.29) is 12.3 Å². The number of halogens is 2. The van der Waals surface area contributed by atoms with Crippen LogP contribution in [0.15, 0.2) is 46.9 Å². The average Bonchev–Trinajstić information content (AvgIpc) is 2.48. The van der Waals surface area contributed by atoms with Crippen molar-refractivity contribution in [2.45, 2.75) is 6.10 Å². The molecule has 0 heterocycles. The molecular weight excluding hydrogens is 325 g/mol. The number of ether oxygens (including phenoxy) is 2. The molecule has 1 atom stereocenters. The Labute approximate surface area is 125 Å². The number of hydrogen-bond acceptors (Lipinski definition) is 3. The summed E-state index contributed by atoms with van der Waals surface area (Å²) in [5.41, 5.74) is 6.59. The zero-order valence-electron chi connectivity index (χ0n) is 11.0. The molecule has 20 heavy (non-hydrogen) atoms. The minimum absolute atomic E-state index is 0.172. The minimum Gasteiger partial charge on any atom is -0.497 e. The molecule has 0 aliphatic carbocycles. The smallest absolute Gasteiger partial charge is 0.165 e. The zero-order chi connectivity index (χ0) is 14.5. The van der Waals surface area contributed by atoms with Crippen LogP contribution in [0.4, 0.5) is 4.39 Å². The molecule has 0 radical (unpaired) electrons. The maximum absolute atomic E-state index is 13.7. The second-order valence-corrected chi connectivity index (χ2v) is 5.11. The van der Waals surface area contributed by atoms with Crippen LogP contribution in [0, 0.1) is 5.82 Å². The first-order valence-corrected chi connectivity index (χ1v) is 6.89. The van der Waals surface area contributed by atoms with E-state index < -0.39 is 11.9 Å². The van der Waals surface area contributed by atoms with E-state index in [0.29, 0.717) is 0 Å². The normalized spacial score (nSPS) is 12.0. The molecule has 0 saturated heterocycles. The molecule has 1 unspecified atom stereocenters. The molecule has 3 nitrogen and oxygen atoms in total. The van der Waals surface area contributed by atoms with Crippen LogP contribution in [0.1, 0.15) is 11.7 Å². The third kappa shape index (κ3) is 3.49. The van der Waals surface area contributed by atoms with Crippen molar-refractivity contribution in [3.8, 4) is 11.5 Å². The van der Waals surface area contributed by atoms with Gasteiger partial charge in [-0.15, -0.1) is 0 Å². The molecule has 0 aromatic heterocycles. The Kier molecular flexibility index (Phi) is 4.98. The van der Waals surface area contributed by atoms with Crippen molar-refractivity contribution in [2.75, 3.05) is 13.7 Å². The summed E-state index contributed by atoms with van der Waals surface area (Å²) in [6.07, 6.45) is -0.412. The van der Waals surface area contributed by atoms with Gasteiger partial charge in [-0.25, -0.2) is 4.39 Å². The van der Waals surface area contributed by atoms with Crippen LogP contribution in [0.3, 0.4) is 0 Å². The van der Waals surface area contributed by atoms with Crippen molar-refractivity contribution in [1.82, 2.24) is 0 Å². The SMILES string of the molecule is COc1ccc(C(CN)Oc2cc(Br)ccc2F)cc1. The van der Waals surface area contributed by atoms with Crippen molar-refractivity contribution < 1.29 is 13.9 Å². The molecule has 0 saturated carbocycles. The first-order chi connectivity index (χ1) is 9.63. The Morgan fingerprint density at radius 1 is 1.20 bits per heavy atom. The van der Waals surface area contributed by atoms with Gasteiger partial charge in [-0.05, 0) is 35.9 Å². The summed E-state index contributed by atoms with van der Waals surface area (Å²) in [6.45, 7) is 0.248. The van der Waals surface area contributed by atoms with E-state index in [1.54, 1.807) is 19.2 Å². The standard InChI is InChI=1S/C15H15BrFNO2/c1-19-12-5-2-10(3-6-12)15(9-18)20-14-8-11(16)4-7-13(14)17/h2-8,15H,9,18H2,1H3. The van der Waals surface area contributed by atoms with Gasteiger partial charge in [-0.2, -0.15) is 0 Å². The van der Waals surface area contributed by atoms with Crippen LogP contribution in [-0.4, -0.2) is 13.7 Å². The van der Waals surface area contributed by atoms with Crippen molar-refractivity contribution in [3.63, 3.8) is 0 Å². The van der Waals surface area contributed by atoms with Gasteiger partial charge < -0.3 is 15.2 Å². The van der Waals surface area contributed by atoms with E-state index in [1.807, 2.05) is 24.3 Å². The summed E-state index contributed by atoms with van der Waals surface area (Å²) in [4.78, 5) is 0. The maximum atomic E-state index is 13.7. The van der Waals surface area contributed by atoms with Gasteiger partial charge in [0.05, 0.1) is 7.11 Å². The Bertz CT molecular complexity index is 575. The highest BCUT2D eigenvalue weighted by atomic mass is 79.9. The van der Waals surface area contributed by atoms with E-state index in [1.165, 1.54) is 6.07 Å². The average molecular weight is 340 g/mol. The van der Waals surface area contributed by atoms with Crippen LogP contribution in [0.25, 0.3) is 0 Å². The van der Waals surface area contributed by atoms with Crippen LogP contribution in [0.2, 0.25) is 0 Å². The fourth-order valence-electron chi connectivity index (χ4n) is 1.79. The molecule has 0 bridgehead atoms. The fourth-order valence-corrected chi connectivity index (χ4v) is 2.13. The maximum Gasteiger partial charge on any atom is 0.165 e. The van der Waals surface area contributed by atoms with Gasteiger partial charge in [0.15, 0.2) is 11.6 Å². The second kappa shape index (κ2) is 6.72. The summed E-state index contributed by atoms with van der Waals surface area (Å²) in [5, 5.41) is 0. The second-order valence-electron chi connectivity index (χ2n) is 4.19. The lowest BCUT2D eigenvalue weighted by Crippen LogP contribution is -2.18. The lowest BCUT2D eigenvalue weighted by Gasteiger charge is -2.18. The number of benzene rings is 2. The van der Waals surface area contributed by atoms with E-state index in [0.717, 1.165) is 15.8 Å². The Morgan fingerprint density at radius 3 is 2.50 bits per heavy atom. The lowest BCUT2D eigenvalue weighted by atomic mass is 10.1. The highest BCUT2D eigenvalue weighted by molar-refractivity contribution is 9.10. The zero-order valence-corrected chi connectivity index (χ0v) is 12.6. The highest BCUT2D eigenvalue weighted by Crippen LogP contribution is 2.27. The molecule has 0 spiro atoms. The Hall–Kier alpha value is -1.59. The molecule has 0 aliphatic heterocycles. The summed E-state index contributed by atoms with van der Waals surface area (Å²) >= 11 is 3.29. The summed E-state index contributed by atoms with van der Waals surface area (Å²) in [6, 6.07) is 11.9. The van der Waals surface area contributed by atoms with Gasteiger partial charge in [-0.1, -0.05) is 28.1 Å². The van der Waals surface area contributed by atoms with E-state index in [2.05, 4.69) is 15.9 Å². The minimum atomic E-state index is -0.417. The number of methoxy groups -OCH3 is 1. The fraction of sp³-hybridized carbons (Fsp3) is 0.200. The van der Waals surface area contributed by atoms with Gasteiger partial charge in [0.2, 0.25) is 0 Å². The van der Waals surface area contributed by atoms with Crippen LogP contribution >= 0.6 is 15.9 Å². The van der Waals surface area contributed by atoms with E-state index in [4.69, 9.17) is 15.2 Å². The number of rotatable bonds is 5. The molecule has 0 fully saturated rings. The molecule has 0 aliphatic rings. The van der Waals surface area contributed by atoms with Gasteiger partial charge in [0, 0.05) is 11.0 Å². The topological polar surface area (TPSA) is 44.5 Å². The van der Waals surface area contributed by atoms with E-state index >= 15 is 0 Å². The lowest BCUT2D eigenvalue weighted by molar-refractivity contribution is 0.204. The van der Waals surface area contributed by atoms with Crippen LogP contribution < -0.4 is 15.2 Å². The third-order valence-electron chi connectivity index (χ3n) is 2.86. The molecule has 2 rings (SSSR count). The van der Waals surface area contributed by atoms with E-state index in [9.17, 15) is 4.39 Å². The molecule has 2 N–H and O–H groups in total. The van der Waals surface area contributed by atoms with Crippen molar-refractivity contribution in [3.05, 3.63) is 58.3 Å². The Balaban J connectivity index is 2.21. The highest BCUT2D eigenvalue weighted by Gasteiger charge is 2.14. The first-order valence-electron chi connectivity index (χ1n) is 6.09. The molecule has 0 amide bonds. The largest absolute Gasteiger partial charge is 0.497 e. The summed E-state index contributed by atoms with van der Waals surface area (Å²) in [7, 11) is 1.60. The Morgan fingerprint density at radius 2 is 1.90 bits per heavy atom. The van der Waals surface area contributed by atoms with Gasteiger partial charge in [0.25, 0.3) is 0 Å². The van der Waals surface area contributed by atoms with Gasteiger partial charge in [0.1, 0.15) is 11.9 Å². The molecule has 5 heteroatoms. The number of hydrogen-bond donors (Lipinski definition) is 1. The molecular formula is C15H15BrFNO2. The summed E-state index contributed by atoms with van der Waals surface area (Å²) in [5.74, 6) is 0.504. The van der Waals surface area contributed by atoms with Crippen LogP contribution in [0.5, 0.6) is 11.5 Å². The molecule has 2 aromatic carbocycles. The quantitative estimate of drug-likeness (QED) is 0.903. The molecule has 2 aromatic rings. The van der Waals surface area contributed by atoms with Crippen molar-refractivity contribution >= 4 is 15.9 Å². The van der Waals surface area contributed by atoms with Crippen molar-refractivity contribution in [1.29, 1.82) is 0 Å². The van der Waals surface area contributed by atoms with Crippen molar-refractivity contribution in [2.24, 2.45) is 5.73 Å².